The minimum absolute atomic E-state index is 0.0576. The Kier molecular flexibility index (Phi) is 7.22. The second-order valence-corrected chi connectivity index (χ2v) is 7.41. The normalized spacial score (nSPS) is 16.1. The first kappa shape index (κ1) is 20.8. The van der Waals surface area contributed by atoms with Gasteiger partial charge in [0.1, 0.15) is 11.6 Å². The molecule has 0 spiro atoms. The second-order valence-electron chi connectivity index (χ2n) is 7.41. The van der Waals surface area contributed by atoms with Gasteiger partial charge in [0.2, 0.25) is 5.91 Å². The first-order valence-electron chi connectivity index (χ1n) is 10.1. The van der Waals surface area contributed by atoms with Crippen LogP contribution in [0.4, 0.5) is 4.39 Å². The van der Waals surface area contributed by atoms with Gasteiger partial charge in [0.05, 0.1) is 6.61 Å². The average Bonchev–Trinajstić information content (AvgIpc) is 3.08. The topological polar surface area (TPSA) is 58.6 Å². The summed E-state index contributed by atoms with van der Waals surface area (Å²) in [5.41, 5.74) is 1.46. The fourth-order valence-electron chi connectivity index (χ4n) is 3.33. The van der Waals surface area contributed by atoms with Crippen molar-refractivity contribution >= 4 is 11.8 Å². The van der Waals surface area contributed by atoms with E-state index in [0.29, 0.717) is 38.2 Å². The number of benzene rings is 2. The molecule has 0 radical (unpaired) electrons. The number of carbonyl (C=O) groups is 2. The smallest absolute Gasteiger partial charge is 0.251 e. The Balaban J connectivity index is 1.45. The number of likely N-dealkylation sites (tertiary alicyclic amines) is 1. The summed E-state index contributed by atoms with van der Waals surface area (Å²) in [6.45, 7) is 4.27. The van der Waals surface area contributed by atoms with Gasteiger partial charge in [-0.1, -0.05) is 25.5 Å². The Hall–Kier alpha value is -2.89. The monoisotopic (exact) mass is 398 g/mol. The highest BCUT2D eigenvalue weighted by atomic mass is 19.1. The molecule has 1 aliphatic heterocycles. The number of hydrogen-bond acceptors (Lipinski definition) is 3. The summed E-state index contributed by atoms with van der Waals surface area (Å²) in [6, 6.07) is 13.3. The lowest BCUT2D eigenvalue weighted by Crippen LogP contribution is -2.31. The number of amides is 2. The van der Waals surface area contributed by atoms with Crippen LogP contribution in [0.15, 0.2) is 48.5 Å². The molecule has 1 heterocycles. The molecule has 5 nitrogen and oxygen atoms in total. The maximum absolute atomic E-state index is 13.0. The van der Waals surface area contributed by atoms with Gasteiger partial charge in [-0.2, -0.15) is 0 Å². The van der Waals surface area contributed by atoms with Crippen molar-refractivity contribution in [2.75, 3.05) is 19.7 Å². The van der Waals surface area contributed by atoms with E-state index < -0.39 is 0 Å². The van der Waals surface area contributed by atoms with Crippen LogP contribution in [0.3, 0.4) is 0 Å². The van der Waals surface area contributed by atoms with Crippen LogP contribution in [0.5, 0.6) is 5.75 Å². The van der Waals surface area contributed by atoms with Crippen LogP contribution in [-0.4, -0.2) is 36.4 Å². The Labute approximate surface area is 170 Å². The molecule has 1 saturated heterocycles. The Morgan fingerprint density at radius 3 is 2.59 bits per heavy atom. The van der Waals surface area contributed by atoms with Gasteiger partial charge in [-0.15, -0.1) is 0 Å². The van der Waals surface area contributed by atoms with E-state index in [4.69, 9.17) is 4.74 Å². The van der Waals surface area contributed by atoms with Gasteiger partial charge >= 0.3 is 0 Å². The molecule has 2 amide bonds. The molecule has 0 saturated carbocycles. The predicted octanol–water partition coefficient (Wildman–Crippen LogP) is 3.78. The van der Waals surface area contributed by atoms with Crippen LogP contribution < -0.4 is 10.1 Å². The van der Waals surface area contributed by atoms with Crippen molar-refractivity contribution in [2.24, 2.45) is 5.92 Å². The van der Waals surface area contributed by atoms with E-state index in [1.54, 1.807) is 41.3 Å². The molecule has 2 aromatic carbocycles. The van der Waals surface area contributed by atoms with Crippen LogP contribution in [0.25, 0.3) is 0 Å². The summed E-state index contributed by atoms with van der Waals surface area (Å²) in [4.78, 5) is 26.4. The number of hydrogen-bond donors (Lipinski definition) is 1. The third kappa shape index (κ3) is 6.04. The maximum atomic E-state index is 13.0. The SMILES string of the molecule is CCCCOc1ccc(C(=O)NCC2CC(=O)N(Cc3ccc(F)cc3)C2)cc1. The number of halogens is 1. The van der Waals surface area contributed by atoms with Gasteiger partial charge in [-0.25, -0.2) is 4.39 Å². The van der Waals surface area contributed by atoms with Crippen LogP contribution >= 0.6 is 0 Å². The quantitative estimate of drug-likeness (QED) is 0.654. The zero-order chi connectivity index (χ0) is 20.6. The van der Waals surface area contributed by atoms with Crippen LogP contribution in [-0.2, 0) is 11.3 Å². The summed E-state index contributed by atoms with van der Waals surface area (Å²) in [6.07, 6.45) is 2.48. The molecule has 1 atom stereocenters. The van der Waals surface area contributed by atoms with Crippen molar-refractivity contribution in [3.63, 3.8) is 0 Å². The molecule has 6 heteroatoms. The minimum Gasteiger partial charge on any atom is -0.494 e. The van der Waals surface area contributed by atoms with E-state index in [9.17, 15) is 14.0 Å². The summed E-state index contributed by atoms with van der Waals surface area (Å²) in [7, 11) is 0. The molecule has 1 N–H and O–H groups in total. The summed E-state index contributed by atoms with van der Waals surface area (Å²) >= 11 is 0. The first-order chi connectivity index (χ1) is 14.0. The zero-order valence-electron chi connectivity index (χ0n) is 16.7. The zero-order valence-corrected chi connectivity index (χ0v) is 16.7. The summed E-state index contributed by atoms with van der Waals surface area (Å²) in [5.74, 6) is 0.440. The third-order valence-electron chi connectivity index (χ3n) is 5.02. The number of carbonyl (C=O) groups excluding carboxylic acids is 2. The standard InChI is InChI=1S/C23H27FN2O3/c1-2-3-12-29-21-10-6-19(7-11-21)23(28)25-14-18-13-22(27)26(16-18)15-17-4-8-20(24)9-5-17/h4-11,18H,2-3,12-16H2,1H3,(H,25,28). The molecule has 0 aliphatic carbocycles. The van der Waals surface area contributed by atoms with Crippen LogP contribution in [0, 0.1) is 11.7 Å². The number of ether oxygens (including phenoxy) is 1. The maximum Gasteiger partial charge on any atom is 0.251 e. The lowest BCUT2D eigenvalue weighted by Gasteiger charge is -2.17. The van der Waals surface area contributed by atoms with E-state index in [0.717, 1.165) is 24.2 Å². The molecule has 1 fully saturated rings. The highest BCUT2D eigenvalue weighted by Crippen LogP contribution is 2.20. The molecule has 2 aromatic rings. The Morgan fingerprint density at radius 2 is 1.90 bits per heavy atom. The highest BCUT2D eigenvalue weighted by Gasteiger charge is 2.29. The van der Waals surface area contributed by atoms with E-state index in [-0.39, 0.29) is 23.5 Å². The lowest BCUT2D eigenvalue weighted by molar-refractivity contribution is -0.128. The summed E-state index contributed by atoms with van der Waals surface area (Å²) < 4.78 is 18.6. The number of nitrogens with one attached hydrogen (secondary N) is 1. The molecule has 3 rings (SSSR count). The number of unbranched alkanes of at least 4 members (excludes halogenated alkanes) is 1. The molecular weight excluding hydrogens is 371 g/mol. The van der Waals surface area contributed by atoms with Crippen molar-refractivity contribution in [1.82, 2.24) is 10.2 Å². The van der Waals surface area contributed by atoms with E-state index >= 15 is 0 Å². The molecule has 154 valence electrons. The molecule has 1 aliphatic rings. The fraction of sp³-hybridized carbons (Fsp3) is 0.391. The van der Waals surface area contributed by atoms with Gasteiger partial charge in [-0.3, -0.25) is 9.59 Å². The van der Waals surface area contributed by atoms with Crippen molar-refractivity contribution < 1.29 is 18.7 Å². The van der Waals surface area contributed by atoms with Crippen molar-refractivity contribution in [1.29, 1.82) is 0 Å². The van der Waals surface area contributed by atoms with E-state index in [1.807, 2.05) is 0 Å². The largest absolute Gasteiger partial charge is 0.494 e. The van der Waals surface area contributed by atoms with Gasteiger partial charge in [-0.05, 0) is 48.4 Å². The van der Waals surface area contributed by atoms with Crippen LogP contribution in [0.1, 0.15) is 42.1 Å². The van der Waals surface area contributed by atoms with Crippen molar-refractivity contribution in [2.45, 2.75) is 32.7 Å². The molecule has 0 aromatic heterocycles. The minimum atomic E-state index is -0.289. The fourth-order valence-corrected chi connectivity index (χ4v) is 3.33. The number of rotatable bonds is 9. The van der Waals surface area contributed by atoms with Gasteiger partial charge in [0, 0.05) is 37.5 Å². The summed E-state index contributed by atoms with van der Waals surface area (Å²) in [5, 5.41) is 2.92. The predicted molar refractivity (Wildman–Crippen MR) is 109 cm³/mol. The average molecular weight is 398 g/mol. The highest BCUT2D eigenvalue weighted by molar-refractivity contribution is 5.94. The Morgan fingerprint density at radius 1 is 1.17 bits per heavy atom. The lowest BCUT2D eigenvalue weighted by atomic mass is 10.1. The first-order valence-corrected chi connectivity index (χ1v) is 10.1. The van der Waals surface area contributed by atoms with Gasteiger partial charge < -0.3 is 15.0 Å². The van der Waals surface area contributed by atoms with Gasteiger partial charge in [0.15, 0.2) is 0 Å². The second kappa shape index (κ2) is 10.0. The van der Waals surface area contributed by atoms with Crippen molar-refractivity contribution in [3.05, 3.63) is 65.5 Å². The van der Waals surface area contributed by atoms with E-state index in [2.05, 4.69) is 12.2 Å². The Bertz CT molecular complexity index is 821. The van der Waals surface area contributed by atoms with Gasteiger partial charge in [0.25, 0.3) is 5.91 Å². The van der Waals surface area contributed by atoms with E-state index in [1.165, 1.54) is 12.1 Å². The van der Waals surface area contributed by atoms with Crippen LogP contribution in [0.2, 0.25) is 0 Å². The van der Waals surface area contributed by atoms with Crippen molar-refractivity contribution in [3.8, 4) is 5.75 Å². The number of nitrogens with zero attached hydrogens (tertiary/aromatic N) is 1. The molecule has 0 bridgehead atoms. The molecular formula is C23H27FN2O3. The third-order valence-corrected chi connectivity index (χ3v) is 5.02. The molecule has 29 heavy (non-hydrogen) atoms. The molecule has 1 unspecified atom stereocenters.